The minimum Gasteiger partial charge on any atom is -0.480 e. The lowest BCUT2D eigenvalue weighted by molar-refractivity contribution is -0.146. The number of thioether (sulfide) groups is 1. The Labute approximate surface area is 121 Å². The summed E-state index contributed by atoms with van der Waals surface area (Å²) in [6.45, 7) is 0. The molecule has 1 aliphatic rings. The number of aromatic nitrogens is 1. The van der Waals surface area contributed by atoms with E-state index in [1.807, 2.05) is 12.1 Å². The van der Waals surface area contributed by atoms with Crippen molar-refractivity contribution in [2.24, 2.45) is 0 Å². The molecule has 2 unspecified atom stereocenters. The Morgan fingerprint density at radius 1 is 1.63 bits per heavy atom. The standard InChI is InChI=1S/C13H17ClN2O2S/c1-15-13(12(17)18)6-2-3-10(7-13)19-11-5-4-9(14)8-16-11/h4-5,8,10,15H,2-3,6-7H2,1H3,(H,17,18). The highest BCUT2D eigenvalue weighted by Gasteiger charge is 2.41. The molecule has 1 aromatic rings. The van der Waals surface area contributed by atoms with Crippen LogP contribution in [0.2, 0.25) is 5.02 Å². The highest BCUT2D eigenvalue weighted by molar-refractivity contribution is 7.99. The van der Waals surface area contributed by atoms with Gasteiger partial charge < -0.3 is 10.4 Å². The van der Waals surface area contributed by atoms with Crippen LogP contribution in [0.15, 0.2) is 23.4 Å². The van der Waals surface area contributed by atoms with Crippen molar-refractivity contribution >= 4 is 29.3 Å². The van der Waals surface area contributed by atoms with E-state index in [9.17, 15) is 9.90 Å². The summed E-state index contributed by atoms with van der Waals surface area (Å²) < 4.78 is 0. The number of carboxylic acids is 1. The van der Waals surface area contributed by atoms with Gasteiger partial charge in [0.25, 0.3) is 0 Å². The summed E-state index contributed by atoms with van der Waals surface area (Å²) in [6.07, 6.45) is 4.86. The van der Waals surface area contributed by atoms with Crippen LogP contribution in [-0.4, -0.2) is 33.9 Å². The molecule has 2 rings (SSSR count). The lowest BCUT2D eigenvalue weighted by Gasteiger charge is -2.36. The molecule has 0 saturated heterocycles. The first-order valence-corrected chi connectivity index (χ1v) is 7.52. The van der Waals surface area contributed by atoms with Gasteiger partial charge in [0, 0.05) is 11.4 Å². The number of hydrogen-bond donors (Lipinski definition) is 2. The number of halogens is 1. The Hall–Kier alpha value is -0.780. The zero-order chi connectivity index (χ0) is 13.9. The quantitative estimate of drug-likeness (QED) is 0.895. The maximum absolute atomic E-state index is 11.4. The average molecular weight is 301 g/mol. The average Bonchev–Trinajstić information content (AvgIpc) is 2.41. The van der Waals surface area contributed by atoms with Crippen molar-refractivity contribution < 1.29 is 9.90 Å². The van der Waals surface area contributed by atoms with Crippen LogP contribution >= 0.6 is 23.4 Å². The van der Waals surface area contributed by atoms with Crippen molar-refractivity contribution in [1.29, 1.82) is 0 Å². The van der Waals surface area contributed by atoms with Gasteiger partial charge in [-0.2, -0.15) is 0 Å². The van der Waals surface area contributed by atoms with Crippen molar-refractivity contribution in [3.8, 4) is 0 Å². The molecule has 0 bridgehead atoms. The molecular formula is C13H17ClN2O2S. The summed E-state index contributed by atoms with van der Waals surface area (Å²) in [6, 6.07) is 3.69. The first-order valence-electron chi connectivity index (χ1n) is 6.26. The number of carboxylic acid groups (broad SMARTS) is 1. The van der Waals surface area contributed by atoms with Crippen molar-refractivity contribution in [2.45, 2.75) is 41.5 Å². The fourth-order valence-electron chi connectivity index (χ4n) is 2.46. The minimum absolute atomic E-state index is 0.269. The third-order valence-corrected chi connectivity index (χ3v) is 5.02. The summed E-state index contributed by atoms with van der Waals surface area (Å²) in [4.78, 5) is 15.7. The van der Waals surface area contributed by atoms with Gasteiger partial charge in [-0.1, -0.05) is 11.6 Å². The first kappa shape index (κ1) is 14.6. The molecule has 0 radical (unpaired) electrons. The topological polar surface area (TPSA) is 62.2 Å². The summed E-state index contributed by atoms with van der Waals surface area (Å²) in [5, 5.41) is 14.2. The molecule has 19 heavy (non-hydrogen) atoms. The van der Waals surface area contributed by atoms with Gasteiger partial charge in [-0.25, -0.2) is 4.98 Å². The Morgan fingerprint density at radius 2 is 2.42 bits per heavy atom. The summed E-state index contributed by atoms with van der Waals surface area (Å²) in [5.41, 5.74) is -0.789. The maximum Gasteiger partial charge on any atom is 0.323 e. The van der Waals surface area contributed by atoms with Crippen molar-refractivity contribution in [3.05, 3.63) is 23.4 Å². The predicted molar refractivity (Wildman–Crippen MR) is 76.8 cm³/mol. The highest BCUT2D eigenvalue weighted by atomic mass is 35.5. The smallest absolute Gasteiger partial charge is 0.323 e. The molecule has 1 fully saturated rings. The van der Waals surface area contributed by atoms with Crippen LogP contribution in [0, 0.1) is 0 Å². The molecule has 1 heterocycles. The fraction of sp³-hybridized carbons (Fsp3) is 0.538. The van der Waals surface area contributed by atoms with Crippen LogP contribution in [0.5, 0.6) is 0 Å². The second-order valence-corrected chi connectivity index (χ2v) is 6.55. The number of pyridine rings is 1. The third kappa shape index (κ3) is 3.41. The number of aliphatic carboxylic acids is 1. The largest absolute Gasteiger partial charge is 0.480 e. The van der Waals surface area contributed by atoms with E-state index >= 15 is 0 Å². The van der Waals surface area contributed by atoms with Gasteiger partial charge in [0.1, 0.15) is 5.54 Å². The number of rotatable bonds is 4. The molecule has 0 amide bonds. The van der Waals surface area contributed by atoms with E-state index < -0.39 is 11.5 Å². The number of nitrogens with zero attached hydrogens (tertiary/aromatic N) is 1. The summed E-state index contributed by atoms with van der Waals surface area (Å²) in [5.74, 6) is -0.760. The van der Waals surface area contributed by atoms with Crippen LogP contribution in [0.1, 0.15) is 25.7 Å². The summed E-state index contributed by atoms with van der Waals surface area (Å²) in [7, 11) is 1.72. The first-order chi connectivity index (χ1) is 9.05. The zero-order valence-corrected chi connectivity index (χ0v) is 12.3. The van der Waals surface area contributed by atoms with Crippen molar-refractivity contribution in [1.82, 2.24) is 10.3 Å². The molecule has 4 nitrogen and oxygen atoms in total. The van der Waals surface area contributed by atoms with Crippen molar-refractivity contribution in [2.75, 3.05) is 7.05 Å². The van der Waals surface area contributed by atoms with Crippen LogP contribution in [0.3, 0.4) is 0 Å². The van der Waals surface area contributed by atoms with Gasteiger partial charge in [-0.15, -0.1) is 11.8 Å². The summed E-state index contributed by atoms with van der Waals surface area (Å²) >= 11 is 7.44. The predicted octanol–water partition coefficient (Wildman–Crippen LogP) is 2.81. The van der Waals surface area contributed by atoms with E-state index in [4.69, 9.17) is 11.6 Å². The van der Waals surface area contributed by atoms with Crippen LogP contribution < -0.4 is 5.32 Å². The van der Waals surface area contributed by atoms with E-state index in [1.54, 1.807) is 25.0 Å². The number of nitrogens with one attached hydrogen (secondary N) is 1. The van der Waals surface area contributed by atoms with Crippen molar-refractivity contribution in [3.63, 3.8) is 0 Å². The Bertz CT molecular complexity index is 454. The highest BCUT2D eigenvalue weighted by Crippen LogP contribution is 2.37. The van der Waals surface area contributed by atoms with E-state index in [0.717, 1.165) is 17.9 Å². The number of carbonyl (C=O) groups is 1. The normalized spacial score (nSPS) is 27.2. The van der Waals surface area contributed by atoms with E-state index in [0.29, 0.717) is 17.9 Å². The van der Waals surface area contributed by atoms with Crippen LogP contribution in [0.4, 0.5) is 0 Å². The molecule has 6 heteroatoms. The second kappa shape index (κ2) is 6.11. The second-order valence-electron chi connectivity index (χ2n) is 4.79. The van der Waals surface area contributed by atoms with Gasteiger partial charge in [0.05, 0.1) is 10.0 Å². The lowest BCUT2D eigenvalue weighted by atomic mass is 9.81. The van der Waals surface area contributed by atoms with Gasteiger partial charge in [0.15, 0.2) is 0 Å². The van der Waals surface area contributed by atoms with Crippen LogP contribution in [0.25, 0.3) is 0 Å². The fourth-order valence-corrected chi connectivity index (χ4v) is 3.82. The number of hydrogen-bond acceptors (Lipinski definition) is 4. The minimum atomic E-state index is -0.789. The SMILES string of the molecule is CNC1(C(=O)O)CCCC(Sc2ccc(Cl)cn2)C1. The maximum atomic E-state index is 11.4. The monoisotopic (exact) mass is 300 g/mol. The Morgan fingerprint density at radius 3 is 3.00 bits per heavy atom. The lowest BCUT2D eigenvalue weighted by Crippen LogP contribution is -2.53. The van der Waals surface area contributed by atoms with Gasteiger partial charge in [0.2, 0.25) is 0 Å². The molecule has 1 aromatic heterocycles. The van der Waals surface area contributed by atoms with E-state index in [-0.39, 0.29) is 5.25 Å². The molecule has 2 N–H and O–H groups in total. The van der Waals surface area contributed by atoms with Gasteiger partial charge in [-0.3, -0.25) is 4.79 Å². The van der Waals surface area contributed by atoms with Gasteiger partial charge >= 0.3 is 5.97 Å². The molecule has 1 aliphatic carbocycles. The number of likely N-dealkylation sites (N-methyl/N-ethyl adjacent to an activating group) is 1. The molecule has 1 saturated carbocycles. The molecule has 2 atom stereocenters. The molecule has 104 valence electrons. The van der Waals surface area contributed by atoms with E-state index in [1.165, 1.54) is 0 Å². The van der Waals surface area contributed by atoms with Gasteiger partial charge in [-0.05, 0) is 44.9 Å². The Kier molecular flexibility index (Phi) is 4.71. The molecule has 0 aliphatic heterocycles. The van der Waals surface area contributed by atoms with Crippen LogP contribution in [-0.2, 0) is 4.79 Å². The third-order valence-electron chi connectivity index (χ3n) is 3.58. The van der Waals surface area contributed by atoms with E-state index in [2.05, 4.69) is 10.3 Å². The zero-order valence-electron chi connectivity index (χ0n) is 10.7. The molecule has 0 spiro atoms. The molecular weight excluding hydrogens is 284 g/mol. The molecule has 0 aromatic carbocycles. The Balaban J connectivity index is 2.05.